The second-order valence-corrected chi connectivity index (χ2v) is 0.980. The summed E-state index contributed by atoms with van der Waals surface area (Å²) < 4.78 is 0. The molecule has 0 saturated carbocycles. The van der Waals surface area contributed by atoms with Crippen LogP contribution in [0.1, 0.15) is 13.8 Å². The van der Waals surface area contributed by atoms with Gasteiger partial charge in [-0.15, -0.1) is 5.78 Å². The molecule has 0 bridgehead atoms. The topological polar surface area (TPSA) is 17.1 Å². The van der Waals surface area contributed by atoms with Crippen LogP contribution in [0.3, 0.4) is 0 Å². The van der Waals surface area contributed by atoms with Gasteiger partial charge < -0.3 is 17.6 Å². The Morgan fingerprint density at radius 1 is 0.176 bits per heavy atom. The molecule has 0 saturated heterocycles. The van der Waals surface area contributed by atoms with E-state index in [2.05, 4.69) is 0 Å². The second kappa shape index (κ2) is 326. The first kappa shape index (κ1) is 336. The van der Waals surface area contributed by atoms with Crippen LogP contribution in [-0.4, -0.2) is 5.78 Å². The third-order valence-electron chi connectivity index (χ3n) is 0.569. The molecule has 0 unspecified atom stereocenters. The molecule has 0 fully saturated rings. The van der Waals surface area contributed by atoms with Crippen LogP contribution >= 0.6 is 0 Å². The fraction of sp³-hybridized carbons (Fsp3) is 0.400. The third kappa shape index (κ3) is 331. The van der Waals surface area contributed by atoms with E-state index < -0.39 is 0 Å². The van der Waals surface area contributed by atoms with Crippen LogP contribution in [0.4, 0.5) is 0 Å². The maximum absolute atomic E-state index is 10.1. The summed E-state index contributed by atoms with van der Waals surface area (Å²) in [7, 11) is 0. The zero-order valence-corrected chi connectivity index (χ0v) is 158. The van der Waals surface area contributed by atoms with Crippen molar-refractivity contribution >= 4 is 5.78 Å². The Kier molecular flexibility index (Phi) is 2150. The first-order valence-corrected chi connectivity index (χ1v) is 1.94. The van der Waals surface area contributed by atoms with Crippen LogP contribution < -0.4 is 0 Å². The van der Waals surface area contributed by atoms with Crippen molar-refractivity contribution in [2.24, 2.45) is 0 Å². The number of carbonyl (C=O) groups excluding carboxylic acids is 1. The molecule has 45 radical (unpaired) electrons. The average molecular weight is 4080 g/mol. The molecule has 0 N–H and O–H groups in total. The number of carbonyl (C=O) groups is 1. The number of ketones is 1. The van der Waals surface area contributed by atoms with Crippen LogP contribution in [-0.2, 0) is 1480 Å². The standard InChI is InChI=1S/C5H8O.45Y/c1-3-5(6)4-2;;;;;;;;;;;;;;;;;;;;;;;;;;;;;;;;;;;;;;;;;;;;;/h3-4H,1-2H3;;;;;;;;;;;;;;;;;;;;;;;;;;;;;;;;;;;;;;;;;;;;;/q-2;;;;;;;;;;;;;;;;;;;;;;;;;;;;;;;;;;;;;;;;;;;;;. The number of hydrogen-bond donors (Lipinski definition) is 0. The van der Waals surface area contributed by atoms with Crippen LogP contribution in [0.5, 0.6) is 0 Å². The van der Waals surface area contributed by atoms with E-state index in [0.717, 1.165) is 0 Å². The normalized spacial score (nSPS) is 0.824. The summed E-state index contributed by atoms with van der Waals surface area (Å²) in [5, 5.41) is 0. The summed E-state index contributed by atoms with van der Waals surface area (Å²) in [4.78, 5) is 10.1. The summed E-state index contributed by atoms with van der Waals surface area (Å²) in [5.41, 5.74) is 0. The molecule has 0 atom stereocenters. The monoisotopic (exact) mass is 4080 g/mol. The van der Waals surface area contributed by atoms with Crippen molar-refractivity contribution in [3.05, 3.63) is 12.8 Å². The van der Waals surface area contributed by atoms with Gasteiger partial charge in [0.1, 0.15) is 0 Å². The molecular weight excluding hydrogens is 4080 g/mol. The van der Waals surface area contributed by atoms with Gasteiger partial charge in [-0.3, -0.25) is 0 Å². The SMILES string of the molecule is C[CH-]C(=O)[CH-]C.[Y].[Y].[Y].[Y].[Y].[Y].[Y].[Y].[Y].[Y].[Y].[Y].[Y].[Y].[Y].[Y].[Y].[Y].[Y].[Y].[Y].[Y].[Y].[Y].[Y].[Y].[Y].[Y].[Y].[Y].[Y].[Y].[Y].[Y].[Y].[Y].[Y].[Y].[Y].[Y].[Y].[Y].[Y].[Y].[Y]. The van der Waals surface area contributed by atoms with Crippen molar-refractivity contribution < 1.29 is 1480 Å². The number of Topliss-reactive ketones (excluding diaryl/α,β-unsaturated/α-hetero) is 1. The molecule has 51 heavy (non-hydrogen) atoms. The average Bonchev–Trinajstić information content (AvgIpc) is 1.65. The molecule has 46 heteroatoms. The van der Waals surface area contributed by atoms with Crippen LogP contribution in [0.25, 0.3) is 0 Å². The summed E-state index contributed by atoms with van der Waals surface area (Å²) in [6.45, 7) is 3.45. The molecule has 0 aliphatic heterocycles. The Hall–Kier alpha value is 49.1. The summed E-state index contributed by atoms with van der Waals surface area (Å²) in [6, 6.07) is 0. The molecular formula is C5H8OY45-2. The zero-order chi connectivity index (χ0) is 4.99. The van der Waals surface area contributed by atoms with Gasteiger partial charge in [-0.25, -0.2) is 0 Å². The quantitative estimate of drug-likeness (QED) is 0.377. The van der Waals surface area contributed by atoms with Gasteiger partial charge in [0.15, 0.2) is 0 Å². The van der Waals surface area contributed by atoms with Crippen molar-refractivity contribution in [3.63, 3.8) is 0 Å². The van der Waals surface area contributed by atoms with Gasteiger partial charge >= 0.3 is 0 Å². The van der Waals surface area contributed by atoms with Gasteiger partial charge in [0, 0.05) is 1470 Å². The Labute approximate surface area is 1450 Å². The zero-order valence-electron chi connectivity index (χ0n) is 30.0. The van der Waals surface area contributed by atoms with Gasteiger partial charge in [0.05, 0.1) is 0 Å². The predicted molar refractivity (Wildman–Crippen MR) is 25.0 cm³/mol. The van der Waals surface area contributed by atoms with E-state index in [1.165, 1.54) is 12.8 Å². The van der Waals surface area contributed by atoms with E-state index in [9.17, 15) is 4.79 Å². The van der Waals surface area contributed by atoms with Crippen molar-refractivity contribution in [3.8, 4) is 0 Å². The van der Waals surface area contributed by atoms with Crippen LogP contribution in [0.15, 0.2) is 0 Å². The fourth-order valence-electron chi connectivity index (χ4n) is 0.167. The molecule has 171 valence electrons. The predicted octanol–water partition coefficient (Wildman–Crippen LogP) is 0.891. The van der Waals surface area contributed by atoms with E-state index in [1.807, 2.05) is 0 Å². The van der Waals surface area contributed by atoms with E-state index in [1.54, 1.807) is 13.8 Å². The molecule has 0 heterocycles. The van der Waals surface area contributed by atoms with Gasteiger partial charge in [-0.2, -0.15) is 13.8 Å². The summed E-state index contributed by atoms with van der Waals surface area (Å²) in [6.07, 6.45) is 3.06. The molecule has 0 aromatic rings. The Morgan fingerprint density at radius 2 is 0.216 bits per heavy atom. The molecule has 0 aliphatic rings. The third-order valence-corrected chi connectivity index (χ3v) is 0.569. The molecule has 0 aromatic heterocycles. The smallest absolute Gasteiger partial charge is 0 e. The van der Waals surface area contributed by atoms with Crippen LogP contribution in [0, 0.1) is 12.8 Å². The van der Waals surface area contributed by atoms with E-state index in [-0.39, 0.29) is 1480 Å². The Morgan fingerprint density at radius 3 is 0.216 bits per heavy atom. The van der Waals surface area contributed by atoms with Gasteiger partial charge in [0.25, 0.3) is 0 Å². The minimum absolute atomic E-state index is 0. The maximum Gasteiger partial charge on any atom is 0 e. The summed E-state index contributed by atoms with van der Waals surface area (Å²) >= 11 is 0. The fourth-order valence-corrected chi connectivity index (χ4v) is 0.167. The minimum Gasteiger partial charge on any atom is -0.368 e. The molecule has 0 amide bonds. The maximum atomic E-state index is 10.1. The van der Waals surface area contributed by atoms with Gasteiger partial charge in [-0.1, -0.05) is 0 Å². The molecule has 0 rings (SSSR count). The minimum atomic E-state index is 0. The largest absolute Gasteiger partial charge is 0.368 e. The van der Waals surface area contributed by atoms with Gasteiger partial charge in [-0.05, 0) is 0 Å². The van der Waals surface area contributed by atoms with Crippen molar-refractivity contribution in [2.75, 3.05) is 0 Å². The second-order valence-electron chi connectivity index (χ2n) is 0.980. The molecule has 1 nitrogen and oxygen atoms in total. The molecule has 0 spiro atoms. The van der Waals surface area contributed by atoms with Crippen LogP contribution in [0.2, 0.25) is 0 Å². The first-order chi connectivity index (χ1) is 2.81. The van der Waals surface area contributed by atoms with Crippen molar-refractivity contribution in [1.29, 1.82) is 0 Å². The Balaban J connectivity index is -0.000000000126. The Bertz CT molecular complexity index is 68.6. The van der Waals surface area contributed by atoms with E-state index >= 15 is 0 Å². The van der Waals surface area contributed by atoms with Crippen molar-refractivity contribution in [1.82, 2.24) is 0 Å². The van der Waals surface area contributed by atoms with Crippen molar-refractivity contribution in [2.45, 2.75) is 13.8 Å². The van der Waals surface area contributed by atoms with Gasteiger partial charge in [0.2, 0.25) is 0 Å². The first-order valence-electron chi connectivity index (χ1n) is 1.94. The van der Waals surface area contributed by atoms with E-state index in [4.69, 9.17) is 0 Å². The number of rotatable bonds is 2. The molecule has 0 aliphatic carbocycles. The van der Waals surface area contributed by atoms with E-state index in [0.29, 0.717) is 0 Å². The molecule has 0 aromatic carbocycles. The number of hydrogen-bond acceptors (Lipinski definition) is 1. The summed E-state index contributed by atoms with van der Waals surface area (Å²) in [5.74, 6) is 0.0926.